The minimum Gasteiger partial charge on any atom is -0.481 e. The van der Waals surface area contributed by atoms with Gasteiger partial charge >= 0.3 is 5.97 Å². The molecule has 1 aromatic heterocycles. The van der Waals surface area contributed by atoms with Crippen LogP contribution in [0.4, 0.5) is 0 Å². The molecule has 2 N–H and O–H groups in total. The minimum absolute atomic E-state index is 0.167. The lowest BCUT2D eigenvalue weighted by atomic mass is 9.94. The van der Waals surface area contributed by atoms with Crippen LogP contribution < -0.4 is 5.32 Å². The minimum atomic E-state index is -0.762. The zero-order valence-electron chi connectivity index (χ0n) is 12.4. The van der Waals surface area contributed by atoms with Gasteiger partial charge in [0, 0.05) is 19.0 Å². The average Bonchev–Trinajstić information content (AvgIpc) is 2.95. The number of aliphatic carboxylic acids is 1. The van der Waals surface area contributed by atoms with Gasteiger partial charge in [0.1, 0.15) is 5.76 Å². The van der Waals surface area contributed by atoms with Crippen molar-refractivity contribution in [1.29, 1.82) is 0 Å². The van der Waals surface area contributed by atoms with Crippen LogP contribution in [0.25, 0.3) is 6.08 Å². The van der Waals surface area contributed by atoms with Crippen molar-refractivity contribution in [2.75, 3.05) is 6.54 Å². The lowest BCUT2D eigenvalue weighted by Gasteiger charge is -2.14. The Bertz CT molecular complexity index is 451. The topological polar surface area (TPSA) is 79.5 Å². The van der Waals surface area contributed by atoms with E-state index in [0.717, 1.165) is 19.3 Å². The second kappa shape index (κ2) is 9.80. The summed E-state index contributed by atoms with van der Waals surface area (Å²) in [5, 5.41) is 11.5. The van der Waals surface area contributed by atoms with Crippen molar-refractivity contribution in [3.63, 3.8) is 0 Å². The molecular weight excluding hydrogens is 270 g/mol. The van der Waals surface area contributed by atoms with Crippen molar-refractivity contribution >= 4 is 18.0 Å². The number of carbonyl (C=O) groups is 2. The zero-order valence-corrected chi connectivity index (χ0v) is 12.4. The summed E-state index contributed by atoms with van der Waals surface area (Å²) in [5.41, 5.74) is 0. The summed E-state index contributed by atoms with van der Waals surface area (Å²) < 4.78 is 5.09. The summed E-state index contributed by atoms with van der Waals surface area (Å²) in [6.07, 6.45) is 8.28. The lowest BCUT2D eigenvalue weighted by Crippen LogP contribution is -2.24. The Balaban J connectivity index is 2.25. The highest BCUT2D eigenvalue weighted by atomic mass is 16.4. The van der Waals surface area contributed by atoms with Gasteiger partial charge in [0.05, 0.1) is 6.26 Å². The third kappa shape index (κ3) is 7.97. The van der Waals surface area contributed by atoms with Crippen molar-refractivity contribution in [3.8, 4) is 0 Å². The Morgan fingerprint density at radius 3 is 2.81 bits per heavy atom. The Morgan fingerprint density at radius 2 is 2.19 bits per heavy atom. The Labute approximate surface area is 125 Å². The normalized spacial score (nSPS) is 12.4. The van der Waals surface area contributed by atoms with Gasteiger partial charge in [0.25, 0.3) is 0 Å². The number of carboxylic acid groups (broad SMARTS) is 1. The monoisotopic (exact) mass is 293 g/mol. The number of hydrogen-bond donors (Lipinski definition) is 2. The van der Waals surface area contributed by atoms with Crippen LogP contribution >= 0.6 is 0 Å². The van der Waals surface area contributed by atoms with Crippen LogP contribution in [0.1, 0.15) is 44.8 Å². The van der Waals surface area contributed by atoms with E-state index >= 15 is 0 Å². The highest BCUT2D eigenvalue weighted by Gasteiger charge is 2.10. The van der Waals surface area contributed by atoms with Crippen molar-refractivity contribution in [2.45, 2.75) is 39.0 Å². The molecule has 1 unspecified atom stereocenters. The molecule has 5 nitrogen and oxygen atoms in total. The van der Waals surface area contributed by atoms with E-state index in [1.54, 1.807) is 24.5 Å². The summed E-state index contributed by atoms with van der Waals surface area (Å²) >= 11 is 0. The van der Waals surface area contributed by atoms with Crippen molar-refractivity contribution in [1.82, 2.24) is 5.32 Å². The van der Waals surface area contributed by atoms with Crippen LogP contribution in [0.3, 0.4) is 0 Å². The molecule has 0 saturated carbocycles. The number of nitrogens with one attached hydrogen (secondary N) is 1. The highest BCUT2D eigenvalue weighted by molar-refractivity contribution is 5.91. The molecule has 1 rings (SSSR count). The van der Waals surface area contributed by atoms with E-state index in [1.165, 1.54) is 6.08 Å². The van der Waals surface area contributed by atoms with Crippen LogP contribution in [0.15, 0.2) is 28.9 Å². The molecule has 1 amide bonds. The number of furan rings is 1. The molecule has 0 aliphatic rings. The molecule has 116 valence electrons. The van der Waals surface area contributed by atoms with E-state index in [2.05, 4.69) is 12.2 Å². The lowest BCUT2D eigenvalue weighted by molar-refractivity contribution is -0.137. The Hall–Kier alpha value is -2.04. The van der Waals surface area contributed by atoms with Crippen molar-refractivity contribution < 1.29 is 19.1 Å². The highest BCUT2D eigenvalue weighted by Crippen LogP contribution is 2.17. The summed E-state index contributed by atoms with van der Waals surface area (Å²) in [7, 11) is 0. The standard InChI is InChI=1S/C16H23NO4/c1-2-4-13(6-9-16(19)20)10-11-17-15(18)8-7-14-5-3-12-21-14/h3,5,7-8,12-13H,2,4,6,9-11H2,1H3,(H,17,18)(H,19,20). The maximum Gasteiger partial charge on any atom is 0.303 e. The van der Waals surface area contributed by atoms with Gasteiger partial charge in [-0.2, -0.15) is 0 Å². The molecule has 1 aromatic rings. The van der Waals surface area contributed by atoms with E-state index in [-0.39, 0.29) is 12.3 Å². The molecule has 1 heterocycles. The molecule has 0 aliphatic heterocycles. The van der Waals surface area contributed by atoms with Crippen LogP contribution in [0.2, 0.25) is 0 Å². The van der Waals surface area contributed by atoms with Gasteiger partial charge in [-0.25, -0.2) is 0 Å². The smallest absolute Gasteiger partial charge is 0.303 e. The van der Waals surface area contributed by atoms with E-state index in [9.17, 15) is 9.59 Å². The van der Waals surface area contributed by atoms with E-state index < -0.39 is 5.97 Å². The summed E-state index contributed by atoms with van der Waals surface area (Å²) in [5.74, 6) is 0.0531. The fraction of sp³-hybridized carbons (Fsp3) is 0.500. The number of amides is 1. The van der Waals surface area contributed by atoms with Crippen LogP contribution in [0.5, 0.6) is 0 Å². The van der Waals surface area contributed by atoms with Gasteiger partial charge < -0.3 is 14.8 Å². The zero-order chi connectivity index (χ0) is 15.5. The first-order valence-corrected chi connectivity index (χ1v) is 7.33. The number of carbonyl (C=O) groups excluding carboxylic acids is 1. The first-order valence-electron chi connectivity index (χ1n) is 7.33. The summed E-state index contributed by atoms with van der Waals surface area (Å²) in [6, 6.07) is 3.53. The van der Waals surface area contributed by atoms with E-state index in [1.807, 2.05) is 0 Å². The molecule has 0 bridgehead atoms. The number of rotatable bonds is 10. The fourth-order valence-corrected chi connectivity index (χ4v) is 2.17. The van der Waals surface area contributed by atoms with Gasteiger partial charge in [-0.15, -0.1) is 0 Å². The molecule has 0 saturated heterocycles. The van der Waals surface area contributed by atoms with Crippen LogP contribution in [-0.4, -0.2) is 23.5 Å². The van der Waals surface area contributed by atoms with E-state index in [4.69, 9.17) is 9.52 Å². The first-order chi connectivity index (χ1) is 10.1. The molecule has 0 radical (unpaired) electrons. The average molecular weight is 293 g/mol. The first kappa shape index (κ1) is 17.0. The summed E-state index contributed by atoms with van der Waals surface area (Å²) in [6.45, 7) is 2.64. The fourth-order valence-electron chi connectivity index (χ4n) is 2.17. The molecule has 0 fully saturated rings. The number of carboxylic acids is 1. The SMILES string of the molecule is CCCC(CCNC(=O)C=Cc1ccco1)CCC(=O)O. The van der Waals surface area contributed by atoms with Crippen molar-refractivity contribution in [2.24, 2.45) is 5.92 Å². The third-order valence-corrected chi connectivity index (χ3v) is 3.26. The predicted octanol–water partition coefficient (Wildman–Crippen LogP) is 3.08. The van der Waals surface area contributed by atoms with E-state index in [0.29, 0.717) is 24.6 Å². The maximum atomic E-state index is 11.6. The Morgan fingerprint density at radius 1 is 1.38 bits per heavy atom. The largest absolute Gasteiger partial charge is 0.481 e. The quantitative estimate of drug-likeness (QED) is 0.650. The van der Waals surface area contributed by atoms with Gasteiger partial charge in [0.15, 0.2) is 0 Å². The molecular formula is C16H23NO4. The van der Waals surface area contributed by atoms with Gasteiger partial charge in [-0.05, 0) is 37.0 Å². The number of hydrogen-bond acceptors (Lipinski definition) is 3. The second-order valence-electron chi connectivity index (χ2n) is 5.02. The molecule has 0 aliphatic carbocycles. The van der Waals surface area contributed by atoms with Gasteiger partial charge in [0.2, 0.25) is 5.91 Å². The van der Waals surface area contributed by atoms with Crippen molar-refractivity contribution in [3.05, 3.63) is 30.2 Å². The van der Waals surface area contributed by atoms with Gasteiger partial charge in [-0.1, -0.05) is 19.8 Å². The molecule has 5 heteroatoms. The molecule has 21 heavy (non-hydrogen) atoms. The molecule has 0 aromatic carbocycles. The third-order valence-electron chi connectivity index (χ3n) is 3.26. The Kier molecular flexibility index (Phi) is 7.94. The maximum absolute atomic E-state index is 11.6. The summed E-state index contributed by atoms with van der Waals surface area (Å²) in [4.78, 5) is 22.2. The van der Waals surface area contributed by atoms with Gasteiger partial charge in [-0.3, -0.25) is 9.59 Å². The van der Waals surface area contributed by atoms with Crippen LogP contribution in [0, 0.1) is 5.92 Å². The molecule has 1 atom stereocenters. The predicted molar refractivity (Wildman–Crippen MR) is 80.6 cm³/mol. The molecule has 0 spiro atoms. The second-order valence-corrected chi connectivity index (χ2v) is 5.02. The van der Waals surface area contributed by atoms with Crippen LogP contribution in [-0.2, 0) is 9.59 Å².